The molecule has 0 spiro atoms. The highest BCUT2D eigenvalue weighted by Crippen LogP contribution is 2.17. The van der Waals surface area contributed by atoms with Gasteiger partial charge in [0.1, 0.15) is 11.9 Å². The summed E-state index contributed by atoms with van der Waals surface area (Å²) < 4.78 is 5.81. The van der Waals surface area contributed by atoms with Crippen LogP contribution in [0, 0.1) is 5.92 Å². The van der Waals surface area contributed by atoms with Gasteiger partial charge in [-0.3, -0.25) is 4.79 Å². The molecule has 1 amide bonds. The van der Waals surface area contributed by atoms with Gasteiger partial charge in [-0.05, 0) is 48.2 Å². The van der Waals surface area contributed by atoms with Gasteiger partial charge in [-0.1, -0.05) is 38.1 Å². The highest BCUT2D eigenvalue weighted by Gasteiger charge is 2.24. The second kappa shape index (κ2) is 9.19. The average molecular weight is 371 g/mol. The number of carbonyl (C=O) groups excluding carboxylic acids is 1. The van der Waals surface area contributed by atoms with Gasteiger partial charge in [-0.15, -0.1) is 0 Å². The van der Waals surface area contributed by atoms with E-state index < -0.39 is 12.1 Å². The number of aromatic hydroxyl groups is 1. The molecule has 3 N–H and O–H groups in total. The number of amides is 1. The van der Waals surface area contributed by atoms with Gasteiger partial charge in [0.15, 0.2) is 0 Å². The lowest BCUT2D eigenvalue weighted by molar-refractivity contribution is -0.137. The lowest BCUT2D eigenvalue weighted by Gasteiger charge is -2.23. The Balaban J connectivity index is 1.98. The predicted octanol–water partition coefficient (Wildman–Crippen LogP) is 3.51. The number of carboxylic acids is 1. The van der Waals surface area contributed by atoms with Gasteiger partial charge in [0, 0.05) is 0 Å². The second-order valence-electron chi connectivity index (χ2n) is 6.80. The second-order valence-corrected chi connectivity index (χ2v) is 6.80. The molecule has 0 radical (unpaired) electrons. The molecule has 0 aliphatic carbocycles. The number of rotatable bonds is 8. The number of phenols is 1. The van der Waals surface area contributed by atoms with Crippen LogP contribution in [0.25, 0.3) is 0 Å². The van der Waals surface area contributed by atoms with Gasteiger partial charge in [0.25, 0.3) is 0 Å². The zero-order chi connectivity index (χ0) is 20.0. The van der Waals surface area contributed by atoms with E-state index in [-0.39, 0.29) is 35.8 Å². The number of benzene rings is 2. The van der Waals surface area contributed by atoms with Crippen LogP contribution in [0.4, 0.5) is 0 Å². The summed E-state index contributed by atoms with van der Waals surface area (Å²) in [5.74, 6) is -1.05. The van der Waals surface area contributed by atoms with Gasteiger partial charge >= 0.3 is 5.97 Å². The SMILES string of the molecule is CC(NC(=O)C(OCc1ccc(O)cc1)C(C)C)c1ccc(C(=O)O)cc1. The van der Waals surface area contributed by atoms with Crippen LogP contribution in [0.2, 0.25) is 0 Å². The Morgan fingerprint density at radius 1 is 1.00 bits per heavy atom. The number of hydrogen-bond acceptors (Lipinski definition) is 4. The van der Waals surface area contributed by atoms with Crippen LogP contribution >= 0.6 is 0 Å². The molecule has 0 aliphatic heterocycles. The topological polar surface area (TPSA) is 95.9 Å². The Kier molecular flexibility index (Phi) is 6.96. The van der Waals surface area contributed by atoms with Gasteiger partial charge < -0.3 is 20.3 Å². The van der Waals surface area contributed by atoms with Crippen LogP contribution in [0.3, 0.4) is 0 Å². The molecule has 6 heteroatoms. The molecule has 6 nitrogen and oxygen atoms in total. The maximum absolute atomic E-state index is 12.6. The molecule has 0 heterocycles. The van der Waals surface area contributed by atoms with Crippen molar-refractivity contribution in [3.63, 3.8) is 0 Å². The fraction of sp³-hybridized carbons (Fsp3) is 0.333. The van der Waals surface area contributed by atoms with E-state index in [0.29, 0.717) is 0 Å². The molecule has 0 saturated carbocycles. The first kappa shape index (κ1) is 20.5. The Bertz CT molecular complexity index is 768. The lowest BCUT2D eigenvalue weighted by atomic mass is 10.0. The van der Waals surface area contributed by atoms with Crippen molar-refractivity contribution in [2.24, 2.45) is 5.92 Å². The third-order valence-corrected chi connectivity index (χ3v) is 4.25. The van der Waals surface area contributed by atoms with Gasteiger partial charge in [-0.2, -0.15) is 0 Å². The van der Waals surface area contributed by atoms with E-state index >= 15 is 0 Å². The number of phenolic OH excluding ortho intramolecular Hbond substituents is 1. The third-order valence-electron chi connectivity index (χ3n) is 4.25. The molecule has 2 rings (SSSR count). The van der Waals surface area contributed by atoms with Crippen molar-refractivity contribution >= 4 is 11.9 Å². The fourth-order valence-corrected chi connectivity index (χ4v) is 2.64. The quantitative estimate of drug-likeness (QED) is 0.660. The largest absolute Gasteiger partial charge is 0.508 e. The van der Waals surface area contributed by atoms with Crippen LogP contribution in [0.5, 0.6) is 5.75 Å². The maximum atomic E-state index is 12.6. The van der Waals surface area contributed by atoms with E-state index in [4.69, 9.17) is 9.84 Å². The Morgan fingerprint density at radius 3 is 2.11 bits per heavy atom. The monoisotopic (exact) mass is 371 g/mol. The molecule has 144 valence electrons. The number of carbonyl (C=O) groups is 2. The van der Waals surface area contributed by atoms with Crippen LogP contribution in [0.15, 0.2) is 48.5 Å². The van der Waals surface area contributed by atoms with Crippen molar-refractivity contribution in [3.05, 3.63) is 65.2 Å². The first-order valence-electron chi connectivity index (χ1n) is 8.81. The summed E-state index contributed by atoms with van der Waals surface area (Å²) in [6.07, 6.45) is -0.625. The van der Waals surface area contributed by atoms with E-state index in [1.807, 2.05) is 20.8 Å². The Labute approximate surface area is 158 Å². The summed E-state index contributed by atoms with van der Waals surface area (Å²) in [4.78, 5) is 23.6. The minimum absolute atomic E-state index is 0.0244. The molecule has 2 atom stereocenters. The molecule has 0 fully saturated rings. The van der Waals surface area contributed by atoms with Gasteiger partial charge in [0.05, 0.1) is 18.2 Å². The van der Waals surface area contributed by atoms with Crippen LogP contribution in [-0.2, 0) is 16.1 Å². The van der Waals surface area contributed by atoms with E-state index in [2.05, 4.69) is 5.32 Å². The minimum atomic E-state index is -0.985. The highest BCUT2D eigenvalue weighted by molar-refractivity contribution is 5.87. The number of carboxylic acid groups (broad SMARTS) is 1. The summed E-state index contributed by atoms with van der Waals surface area (Å²) in [6, 6.07) is 12.8. The Hall–Kier alpha value is -2.86. The van der Waals surface area contributed by atoms with Gasteiger partial charge in [-0.25, -0.2) is 4.79 Å². The molecular formula is C21H25NO5. The summed E-state index contributed by atoms with van der Waals surface area (Å²) in [5.41, 5.74) is 1.88. The molecule has 0 aliphatic rings. The van der Waals surface area contributed by atoms with Crippen molar-refractivity contribution in [1.29, 1.82) is 0 Å². The van der Waals surface area contributed by atoms with E-state index in [0.717, 1.165) is 11.1 Å². The normalized spacial score (nSPS) is 13.2. The van der Waals surface area contributed by atoms with Crippen molar-refractivity contribution in [2.75, 3.05) is 0 Å². The predicted molar refractivity (Wildman–Crippen MR) is 101 cm³/mol. The standard InChI is InChI=1S/C21H25NO5/c1-13(2)19(27-12-15-4-10-18(23)11-5-15)20(24)22-14(3)16-6-8-17(9-7-16)21(25)26/h4-11,13-14,19,23H,12H2,1-3H3,(H,22,24)(H,25,26). The lowest BCUT2D eigenvalue weighted by Crippen LogP contribution is -2.40. The number of aromatic carboxylic acids is 1. The first-order valence-corrected chi connectivity index (χ1v) is 8.81. The first-order chi connectivity index (χ1) is 12.8. The number of ether oxygens (including phenoxy) is 1. The van der Waals surface area contributed by atoms with Crippen molar-refractivity contribution in [1.82, 2.24) is 5.32 Å². The van der Waals surface area contributed by atoms with E-state index in [1.165, 1.54) is 12.1 Å². The summed E-state index contributed by atoms with van der Waals surface area (Å²) in [6.45, 7) is 5.92. The van der Waals surface area contributed by atoms with E-state index in [9.17, 15) is 14.7 Å². The zero-order valence-electron chi connectivity index (χ0n) is 15.7. The molecule has 0 aromatic heterocycles. The van der Waals surface area contributed by atoms with Crippen molar-refractivity contribution < 1.29 is 24.5 Å². The van der Waals surface area contributed by atoms with Crippen LogP contribution in [0.1, 0.15) is 48.3 Å². The smallest absolute Gasteiger partial charge is 0.335 e. The number of nitrogens with one attached hydrogen (secondary N) is 1. The molecule has 2 unspecified atom stereocenters. The Morgan fingerprint density at radius 2 is 1.59 bits per heavy atom. The molecule has 2 aromatic rings. The van der Waals surface area contributed by atoms with Gasteiger partial charge in [0.2, 0.25) is 5.91 Å². The fourth-order valence-electron chi connectivity index (χ4n) is 2.64. The molecule has 27 heavy (non-hydrogen) atoms. The summed E-state index contributed by atoms with van der Waals surface area (Å²) in [7, 11) is 0. The molecule has 2 aromatic carbocycles. The molecule has 0 saturated heterocycles. The molecular weight excluding hydrogens is 346 g/mol. The van der Waals surface area contributed by atoms with Crippen LogP contribution in [-0.4, -0.2) is 28.2 Å². The third kappa shape index (κ3) is 5.82. The summed E-state index contributed by atoms with van der Waals surface area (Å²) >= 11 is 0. The highest BCUT2D eigenvalue weighted by atomic mass is 16.5. The van der Waals surface area contributed by atoms with Crippen LogP contribution < -0.4 is 5.32 Å². The van der Waals surface area contributed by atoms with E-state index in [1.54, 1.807) is 36.4 Å². The minimum Gasteiger partial charge on any atom is -0.508 e. The summed E-state index contributed by atoms with van der Waals surface area (Å²) in [5, 5.41) is 21.2. The molecule has 0 bridgehead atoms. The zero-order valence-corrected chi connectivity index (χ0v) is 15.7. The maximum Gasteiger partial charge on any atom is 0.335 e. The average Bonchev–Trinajstić information content (AvgIpc) is 2.63. The van der Waals surface area contributed by atoms with Crippen molar-refractivity contribution in [2.45, 2.75) is 39.5 Å². The number of hydrogen-bond donors (Lipinski definition) is 3. The van der Waals surface area contributed by atoms with Crippen molar-refractivity contribution in [3.8, 4) is 5.75 Å².